The summed E-state index contributed by atoms with van der Waals surface area (Å²) in [6.07, 6.45) is 2.21. The van der Waals surface area contributed by atoms with Crippen LogP contribution >= 0.6 is 43.2 Å². The molecule has 7 heteroatoms. The first-order chi connectivity index (χ1) is 11.0. The molecule has 3 aromatic rings. The number of rotatable bonds is 4. The first-order valence-electron chi connectivity index (χ1n) is 7.65. The van der Waals surface area contributed by atoms with Crippen LogP contribution in [-0.2, 0) is 0 Å². The first kappa shape index (κ1) is 17.0. The molecular formula is C16H18Br2N4S. The zero-order chi connectivity index (χ0) is 16.7. The highest BCUT2D eigenvalue weighted by Crippen LogP contribution is 2.39. The fourth-order valence-corrected chi connectivity index (χ4v) is 5.38. The lowest BCUT2D eigenvalue weighted by Gasteiger charge is -2.14. The van der Waals surface area contributed by atoms with Gasteiger partial charge < -0.3 is 0 Å². The van der Waals surface area contributed by atoms with Crippen molar-refractivity contribution in [3.8, 4) is 10.6 Å². The minimum Gasteiger partial charge on any atom is -0.231 e. The molecule has 0 fully saturated rings. The van der Waals surface area contributed by atoms with Gasteiger partial charge in [-0.15, -0.1) is 11.3 Å². The molecule has 0 aliphatic heterocycles. The third kappa shape index (κ3) is 2.98. The Morgan fingerprint density at radius 3 is 2.43 bits per heavy atom. The first-order valence-corrected chi connectivity index (χ1v) is 10.1. The van der Waals surface area contributed by atoms with Gasteiger partial charge in [-0.1, -0.05) is 13.8 Å². The van der Waals surface area contributed by atoms with Gasteiger partial charge in [0, 0.05) is 5.56 Å². The number of aromatic nitrogens is 4. The van der Waals surface area contributed by atoms with Crippen LogP contribution in [0, 0.1) is 13.8 Å². The maximum absolute atomic E-state index is 4.84. The zero-order valence-electron chi connectivity index (χ0n) is 13.5. The van der Waals surface area contributed by atoms with Gasteiger partial charge in [-0.25, -0.2) is 14.5 Å². The molecule has 0 aliphatic carbocycles. The molecule has 0 bridgehead atoms. The Bertz CT molecular complexity index is 865. The van der Waals surface area contributed by atoms with Gasteiger partial charge >= 0.3 is 0 Å². The molecule has 0 radical (unpaired) electrons. The predicted octanol–water partition coefficient (Wildman–Crippen LogP) is 5.90. The second-order valence-electron chi connectivity index (χ2n) is 5.62. The van der Waals surface area contributed by atoms with E-state index in [0.29, 0.717) is 5.92 Å². The van der Waals surface area contributed by atoms with Crippen molar-refractivity contribution in [1.29, 1.82) is 0 Å². The summed E-state index contributed by atoms with van der Waals surface area (Å²) in [7, 11) is 0. The van der Waals surface area contributed by atoms with Gasteiger partial charge in [-0.3, -0.25) is 0 Å². The van der Waals surface area contributed by atoms with Crippen LogP contribution in [0.5, 0.6) is 0 Å². The fourth-order valence-electron chi connectivity index (χ4n) is 2.99. The molecule has 0 aromatic carbocycles. The minimum absolute atomic E-state index is 0.505. The number of nitrogens with zero attached hydrogens (tertiary/aromatic N) is 4. The lowest BCUT2D eigenvalue weighted by Crippen LogP contribution is -2.04. The molecule has 23 heavy (non-hydrogen) atoms. The van der Waals surface area contributed by atoms with Crippen LogP contribution < -0.4 is 0 Å². The van der Waals surface area contributed by atoms with Crippen molar-refractivity contribution >= 4 is 48.8 Å². The van der Waals surface area contributed by atoms with Gasteiger partial charge in [0.2, 0.25) is 0 Å². The van der Waals surface area contributed by atoms with E-state index >= 15 is 0 Å². The summed E-state index contributed by atoms with van der Waals surface area (Å²) in [6, 6.07) is 2.18. The molecule has 122 valence electrons. The third-order valence-electron chi connectivity index (χ3n) is 4.11. The van der Waals surface area contributed by atoms with Gasteiger partial charge in [0.05, 0.1) is 16.3 Å². The normalized spacial score (nSPS) is 11.8. The maximum atomic E-state index is 4.84. The van der Waals surface area contributed by atoms with Gasteiger partial charge in [-0.2, -0.15) is 5.10 Å². The minimum atomic E-state index is 0.505. The Morgan fingerprint density at radius 2 is 1.87 bits per heavy atom. The van der Waals surface area contributed by atoms with E-state index in [1.54, 1.807) is 11.3 Å². The Labute approximate surface area is 156 Å². The topological polar surface area (TPSA) is 43.1 Å². The summed E-state index contributed by atoms with van der Waals surface area (Å²) < 4.78 is 3.66. The smallest absolute Gasteiger partial charge is 0.161 e. The number of thiazole rings is 1. The number of aryl methyl sites for hydroxylation is 2. The van der Waals surface area contributed by atoms with Crippen LogP contribution in [0.4, 0.5) is 0 Å². The second-order valence-corrected chi connectivity index (χ2v) is 8.65. The van der Waals surface area contributed by atoms with E-state index in [1.165, 1.54) is 5.56 Å². The molecule has 0 saturated heterocycles. The largest absolute Gasteiger partial charge is 0.231 e. The zero-order valence-corrected chi connectivity index (χ0v) is 17.5. The monoisotopic (exact) mass is 456 g/mol. The van der Waals surface area contributed by atoms with E-state index in [9.17, 15) is 0 Å². The van der Waals surface area contributed by atoms with Crippen molar-refractivity contribution in [3.05, 3.63) is 31.5 Å². The molecule has 3 heterocycles. The molecule has 0 amide bonds. The quantitative estimate of drug-likeness (QED) is 0.489. The SMILES string of the molecule is CCC(CC)c1cc(C)nn2c(-c3sc(Br)nc3Br)c(C)nc12. The van der Waals surface area contributed by atoms with Crippen LogP contribution in [0.1, 0.15) is 49.6 Å². The number of hydrogen-bond acceptors (Lipinski definition) is 4. The van der Waals surface area contributed by atoms with E-state index in [-0.39, 0.29) is 0 Å². The molecule has 4 nitrogen and oxygen atoms in total. The third-order valence-corrected chi connectivity index (χ3v) is 6.46. The Kier molecular flexibility index (Phi) is 4.90. The van der Waals surface area contributed by atoms with Gasteiger partial charge in [0.1, 0.15) is 10.3 Å². The summed E-state index contributed by atoms with van der Waals surface area (Å²) >= 11 is 8.60. The standard InChI is InChI=1S/C16H18Br2N4S/c1-5-10(6-2)11-7-8(3)21-22-12(9(4)19-15(11)22)13-14(17)20-16(18)23-13/h7,10H,5-6H2,1-4H3. The Morgan fingerprint density at radius 1 is 1.17 bits per heavy atom. The lowest BCUT2D eigenvalue weighted by atomic mass is 9.95. The number of imidazole rings is 1. The van der Waals surface area contributed by atoms with Crippen molar-refractivity contribution in [3.63, 3.8) is 0 Å². The molecule has 0 atom stereocenters. The Hall–Kier alpha value is -0.790. The van der Waals surface area contributed by atoms with Gasteiger partial charge in [0.25, 0.3) is 0 Å². The summed E-state index contributed by atoms with van der Waals surface area (Å²) in [4.78, 5) is 10.3. The summed E-state index contributed by atoms with van der Waals surface area (Å²) in [5.41, 5.74) is 5.26. The molecular weight excluding hydrogens is 440 g/mol. The van der Waals surface area contributed by atoms with Crippen molar-refractivity contribution < 1.29 is 0 Å². The molecule has 3 aromatic heterocycles. The number of hydrogen-bond donors (Lipinski definition) is 0. The highest BCUT2D eigenvalue weighted by Gasteiger charge is 2.22. The maximum Gasteiger partial charge on any atom is 0.161 e. The van der Waals surface area contributed by atoms with Crippen molar-refractivity contribution in [1.82, 2.24) is 19.6 Å². The van der Waals surface area contributed by atoms with Crippen LogP contribution in [0.15, 0.2) is 14.6 Å². The summed E-state index contributed by atoms with van der Waals surface area (Å²) in [6.45, 7) is 8.54. The molecule has 0 unspecified atom stereocenters. The number of halogens is 2. The average Bonchev–Trinajstić information content (AvgIpc) is 2.98. The lowest BCUT2D eigenvalue weighted by molar-refractivity contribution is 0.638. The molecule has 0 aliphatic rings. The van der Waals surface area contributed by atoms with Crippen LogP contribution in [0.25, 0.3) is 16.2 Å². The number of fused-ring (bicyclic) bond motifs is 1. The predicted molar refractivity (Wildman–Crippen MR) is 102 cm³/mol. The molecule has 0 spiro atoms. The average molecular weight is 458 g/mol. The van der Waals surface area contributed by atoms with Gasteiger partial charge in [0.15, 0.2) is 9.56 Å². The van der Waals surface area contributed by atoms with Gasteiger partial charge in [-0.05, 0) is 70.5 Å². The molecule has 0 N–H and O–H groups in total. The highest BCUT2D eigenvalue weighted by atomic mass is 79.9. The fraction of sp³-hybridized carbons (Fsp3) is 0.438. The Balaban J connectivity index is 2.33. The molecule has 0 saturated carbocycles. The van der Waals surface area contributed by atoms with Crippen molar-refractivity contribution in [2.24, 2.45) is 0 Å². The summed E-state index contributed by atoms with van der Waals surface area (Å²) in [5, 5.41) is 4.73. The van der Waals surface area contributed by atoms with E-state index in [4.69, 9.17) is 10.1 Å². The van der Waals surface area contributed by atoms with E-state index in [0.717, 1.165) is 49.0 Å². The van der Waals surface area contributed by atoms with Crippen LogP contribution in [-0.4, -0.2) is 19.6 Å². The van der Waals surface area contributed by atoms with E-state index in [2.05, 4.69) is 56.8 Å². The van der Waals surface area contributed by atoms with Crippen molar-refractivity contribution in [2.75, 3.05) is 0 Å². The second kappa shape index (κ2) is 6.61. The van der Waals surface area contributed by atoms with Crippen LogP contribution in [0.3, 0.4) is 0 Å². The van der Waals surface area contributed by atoms with Crippen LogP contribution in [0.2, 0.25) is 0 Å². The highest BCUT2D eigenvalue weighted by molar-refractivity contribution is 9.11. The van der Waals surface area contributed by atoms with E-state index in [1.807, 2.05) is 18.4 Å². The van der Waals surface area contributed by atoms with Crippen molar-refractivity contribution in [2.45, 2.75) is 46.5 Å². The summed E-state index contributed by atoms with van der Waals surface area (Å²) in [5.74, 6) is 0.505. The van der Waals surface area contributed by atoms with E-state index < -0.39 is 0 Å². The molecule has 3 rings (SSSR count).